The van der Waals surface area contributed by atoms with Crippen LogP contribution in [-0.2, 0) is 0 Å². The molecule has 12 nitrogen and oxygen atoms in total. The molecule has 0 saturated carbocycles. The van der Waals surface area contributed by atoms with Gasteiger partial charge < -0.3 is 20.1 Å². The Morgan fingerprint density at radius 1 is 1.16 bits per heavy atom. The second-order valence-corrected chi connectivity index (χ2v) is 6.49. The van der Waals surface area contributed by atoms with Gasteiger partial charge in [-0.1, -0.05) is 0 Å². The summed E-state index contributed by atoms with van der Waals surface area (Å²) in [6.07, 6.45) is 1.17. The van der Waals surface area contributed by atoms with Crippen molar-refractivity contribution in [2.24, 2.45) is 5.10 Å². The third-order valence-corrected chi connectivity index (χ3v) is 4.02. The molecule has 32 heavy (non-hydrogen) atoms. The topological polar surface area (TPSA) is 151 Å². The molecule has 3 aromatic rings. The summed E-state index contributed by atoms with van der Waals surface area (Å²) in [6, 6.07) is 8.21. The highest BCUT2D eigenvalue weighted by Gasteiger charge is 2.23. The van der Waals surface area contributed by atoms with Crippen LogP contribution in [-0.4, -0.2) is 52.4 Å². The number of methoxy groups -OCH3 is 1. The number of nitro groups is 1. The predicted molar refractivity (Wildman–Crippen MR) is 116 cm³/mol. The number of halogens is 1. The Morgan fingerprint density at radius 2 is 1.84 bits per heavy atom. The molecule has 1 aromatic heterocycles. The number of aromatic hydroxyl groups is 1. The van der Waals surface area contributed by atoms with Crippen molar-refractivity contribution in [3.05, 3.63) is 57.9 Å². The number of benzene rings is 2. The van der Waals surface area contributed by atoms with Gasteiger partial charge in [-0.05, 0) is 36.4 Å². The summed E-state index contributed by atoms with van der Waals surface area (Å²) < 4.78 is 18.0. The van der Waals surface area contributed by atoms with Gasteiger partial charge in [0.1, 0.15) is 5.82 Å². The van der Waals surface area contributed by atoms with Crippen molar-refractivity contribution >= 4 is 35.4 Å². The van der Waals surface area contributed by atoms with Gasteiger partial charge in [0.2, 0.25) is 23.6 Å². The Morgan fingerprint density at radius 3 is 2.47 bits per heavy atom. The molecule has 0 bridgehead atoms. The van der Waals surface area contributed by atoms with Crippen LogP contribution >= 0.6 is 0 Å². The van der Waals surface area contributed by atoms with E-state index in [1.807, 2.05) is 0 Å². The molecule has 166 valence electrons. The van der Waals surface area contributed by atoms with Gasteiger partial charge in [0.05, 0.1) is 23.8 Å². The summed E-state index contributed by atoms with van der Waals surface area (Å²) in [6.45, 7) is 0. The van der Waals surface area contributed by atoms with Crippen LogP contribution in [0.3, 0.4) is 0 Å². The van der Waals surface area contributed by atoms with E-state index in [1.165, 1.54) is 49.7 Å². The predicted octanol–water partition coefficient (Wildman–Crippen LogP) is 2.89. The highest BCUT2D eigenvalue weighted by Crippen LogP contribution is 2.37. The molecular weight excluding hydrogens is 423 g/mol. The number of hydrazone groups is 1. The second-order valence-electron chi connectivity index (χ2n) is 6.49. The van der Waals surface area contributed by atoms with Crippen molar-refractivity contribution in [2.45, 2.75) is 0 Å². The largest absolute Gasteiger partial charge is 0.504 e. The molecule has 0 spiro atoms. The standard InChI is InChI=1S/C19H19FN8O4/c1-27(2)19-24-17(22-13-7-5-12(20)6-8-13)23-18(25-19)26-21-10-11-4-9-14(29)16(32-3)15(11)28(30)31/h4-10,29H,1-3H3,(H2,22,23,24,25,26)/b21-10-. The molecule has 13 heteroatoms. The fourth-order valence-corrected chi connectivity index (χ4v) is 2.56. The first-order chi connectivity index (χ1) is 15.3. The zero-order valence-electron chi connectivity index (χ0n) is 17.3. The van der Waals surface area contributed by atoms with E-state index >= 15 is 0 Å². The average molecular weight is 442 g/mol. The molecule has 0 radical (unpaired) electrons. The summed E-state index contributed by atoms with van der Waals surface area (Å²) in [7, 11) is 4.68. The number of phenolic OH excluding ortho intramolecular Hbond substituents is 1. The van der Waals surface area contributed by atoms with Gasteiger partial charge in [0.25, 0.3) is 0 Å². The molecule has 0 aliphatic heterocycles. The maximum atomic E-state index is 13.1. The van der Waals surface area contributed by atoms with E-state index in [0.717, 1.165) is 0 Å². The maximum absolute atomic E-state index is 13.1. The third-order valence-electron chi connectivity index (χ3n) is 4.02. The first kappa shape index (κ1) is 22.1. The third kappa shape index (κ3) is 5.13. The summed E-state index contributed by atoms with van der Waals surface area (Å²) >= 11 is 0. The summed E-state index contributed by atoms with van der Waals surface area (Å²) in [5.41, 5.74) is 2.80. The van der Waals surface area contributed by atoms with Crippen molar-refractivity contribution in [1.82, 2.24) is 15.0 Å². The van der Waals surface area contributed by atoms with Crippen LogP contribution < -0.4 is 20.4 Å². The number of phenols is 1. The molecule has 0 atom stereocenters. The Balaban J connectivity index is 1.87. The normalized spacial score (nSPS) is 10.8. The van der Waals surface area contributed by atoms with E-state index in [4.69, 9.17) is 4.74 Å². The van der Waals surface area contributed by atoms with Gasteiger partial charge in [-0.3, -0.25) is 10.1 Å². The number of aromatic nitrogens is 3. The summed E-state index contributed by atoms with van der Waals surface area (Å²) in [4.78, 5) is 25.0. The molecule has 1 heterocycles. The Bertz CT molecular complexity index is 1150. The van der Waals surface area contributed by atoms with Crippen LogP contribution in [0.1, 0.15) is 5.56 Å². The van der Waals surface area contributed by atoms with E-state index in [-0.39, 0.29) is 34.8 Å². The molecule has 0 aliphatic rings. The van der Waals surface area contributed by atoms with Crippen LogP contribution in [0.2, 0.25) is 0 Å². The lowest BCUT2D eigenvalue weighted by Crippen LogP contribution is -2.15. The number of hydrogen-bond acceptors (Lipinski definition) is 11. The summed E-state index contributed by atoms with van der Waals surface area (Å²) in [5.74, 6) is -0.492. The minimum absolute atomic E-state index is 0.0537. The Labute approximate surface area is 181 Å². The van der Waals surface area contributed by atoms with E-state index in [0.29, 0.717) is 11.6 Å². The fourth-order valence-electron chi connectivity index (χ4n) is 2.56. The number of hydrogen-bond donors (Lipinski definition) is 3. The van der Waals surface area contributed by atoms with E-state index in [9.17, 15) is 19.6 Å². The van der Waals surface area contributed by atoms with Crippen LogP contribution in [0.25, 0.3) is 0 Å². The lowest BCUT2D eigenvalue weighted by molar-refractivity contribution is -0.385. The van der Waals surface area contributed by atoms with Crippen molar-refractivity contribution < 1.29 is 19.2 Å². The number of ether oxygens (including phenoxy) is 1. The number of anilines is 4. The van der Waals surface area contributed by atoms with Crippen LogP contribution in [0.15, 0.2) is 41.5 Å². The van der Waals surface area contributed by atoms with Gasteiger partial charge in [-0.2, -0.15) is 20.1 Å². The van der Waals surface area contributed by atoms with Gasteiger partial charge in [0, 0.05) is 19.8 Å². The minimum Gasteiger partial charge on any atom is -0.504 e. The van der Waals surface area contributed by atoms with Crippen molar-refractivity contribution in [3.63, 3.8) is 0 Å². The lowest BCUT2D eigenvalue weighted by atomic mass is 10.1. The molecule has 0 fully saturated rings. The smallest absolute Gasteiger partial charge is 0.323 e. The zero-order chi connectivity index (χ0) is 23.3. The van der Waals surface area contributed by atoms with Crippen LogP contribution in [0, 0.1) is 15.9 Å². The van der Waals surface area contributed by atoms with Gasteiger partial charge >= 0.3 is 5.69 Å². The van der Waals surface area contributed by atoms with Crippen LogP contribution in [0.4, 0.5) is 33.6 Å². The molecule has 0 saturated heterocycles. The molecular formula is C19H19FN8O4. The molecule has 3 N–H and O–H groups in total. The maximum Gasteiger partial charge on any atom is 0.323 e. The number of nitrogens with zero attached hydrogens (tertiary/aromatic N) is 6. The Kier molecular flexibility index (Phi) is 6.58. The Hall–Kier alpha value is -4.55. The zero-order valence-corrected chi connectivity index (χ0v) is 17.3. The number of nitrogens with one attached hydrogen (secondary N) is 2. The van der Waals surface area contributed by atoms with Crippen molar-refractivity contribution in [3.8, 4) is 11.5 Å². The number of rotatable bonds is 8. The van der Waals surface area contributed by atoms with Crippen molar-refractivity contribution in [2.75, 3.05) is 36.8 Å². The van der Waals surface area contributed by atoms with Crippen molar-refractivity contribution in [1.29, 1.82) is 0 Å². The lowest BCUT2D eigenvalue weighted by Gasteiger charge is -2.13. The van der Waals surface area contributed by atoms with Gasteiger partial charge in [-0.15, -0.1) is 0 Å². The second kappa shape index (κ2) is 9.51. The quantitative estimate of drug-likeness (QED) is 0.270. The SMILES string of the molecule is COc1c(O)ccc(/C=N\Nc2nc(Nc3ccc(F)cc3)nc(N(C)C)n2)c1[N+](=O)[O-]. The average Bonchev–Trinajstić information content (AvgIpc) is 2.75. The molecule has 0 unspecified atom stereocenters. The first-order valence-corrected chi connectivity index (χ1v) is 9.08. The van der Waals surface area contributed by atoms with Crippen LogP contribution in [0.5, 0.6) is 11.5 Å². The minimum atomic E-state index is -0.683. The fraction of sp³-hybridized carbons (Fsp3) is 0.158. The van der Waals surface area contributed by atoms with E-state index in [1.54, 1.807) is 19.0 Å². The van der Waals surface area contributed by atoms with Gasteiger partial charge in [-0.25, -0.2) is 9.82 Å². The highest BCUT2D eigenvalue weighted by atomic mass is 19.1. The number of nitro benzene ring substituents is 1. The molecule has 3 rings (SSSR count). The van der Waals surface area contributed by atoms with E-state index in [2.05, 4.69) is 30.8 Å². The first-order valence-electron chi connectivity index (χ1n) is 9.08. The molecule has 0 aliphatic carbocycles. The van der Waals surface area contributed by atoms with E-state index < -0.39 is 10.6 Å². The molecule has 2 aromatic carbocycles. The summed E-state index contributed by atoms with van der Waals surface area (Å²) in [5, 5.41) is 28.1. The monoisotopic (exact) mass is 442 g/mol. The van der Waals surface area contributed by atoms with Gasteiger partial charge in [0.15, 0.2) is 5.75 Å². The molecule has 0 amide bonds. The highest BCUT2D eigenvalue weighted by molar-refractivity contribution is 5.88.